The van der Waals surface area contributed by atoms with Crippen LogP contribution in [0.4, 0.5) is 5.69 Å². The predicted molar refractivity (Wildman–Crippen MR) is 184 cm³/mol. The summed E-state index contributed by atoms with van der Waals surface area (Å²) in [6.45, 7) is 3.28. The van der Waals surface area contributed by atoms with Crippen molar-refractivity contribution in [3.8, 4) is 11.5 Å². The number of sulfonamides is 1. The van der Waals surface area contributed by atoms with Crippen molar-refractivity contribution in [3.63, 3.8) is 0 Å². The fourth-order valence-corrected chi connectivity index (χ4v) is 6.56. The molecule has 0 fully saturated rings. The number of para-hydroxylation sites is 2. The number of anilines is 1. The second kappa shape index (κ2) is 16.3. The van der Waals surface area contributed by atoms with Gasteiger partial charge in [-0.2, -0.15) is 0 Å². The quantitative estimate of drug-likeness (QED) is 0.163. The molecule has 4 aromatic rings. The number of rotatable bonds is 15. The fraction of sp³-hybridized carbons (Fsp3) is 0.278. The van der Waals surface area contributed by atoms with Gasteiger partial charge in [0.05, 0.1) is 24.8 Å². The first-order valence-corrected chi connectivity index (χ1v) is 17.1. The van der Waals surface area contributed by atoms with Gasteiger partial charge in [-0.3, -0.25) is 13.9 Å². The molecule has 0 heterocycles. The molecular weight excluding hydrogens is 638 g/mol. The molecule has 248 valence electrons. The van der Waals surface area contributed by atoms with Crippen LogP contribution in [0.25, 0.3) is 0 Å². The van der Waals surface area contributed by atoms with Crippen LogP contribution >= 0.6 is 11.6 Å². The Kier molecular flexibility index (Phi) is 12.3. The third kappa shape index (κ3) is 9.05. The standard InChI is InChI=1S/C36H40ClN3O6S/c1-5-26(2)38-36(42)33(23-27-11-7-6-8-12-27)39(24-28-15-17-29(37)18-16-28)35(41)25-40(32-13-9-10-14-34(32)46-4)47(43,44)31-21-19-30(45-3)20-22-31/h6-22,26,33H,5,23-25H2,1-4H3,(H,38,42). The Morgan fingerprint density at radius 3 is 2.09 bits per heavy atom. The summed E-state index contributed by atoms with van der Waals surface area (Å²) < 4.78 is 40.4. The first-order chi connectivity index (χ1) is 22.6. The number of benzene rings is 4. The van der Waals surface area contributed by atoms with Gasteiger partial charge in [0, 0.05) is 24.0 Å². The molecule has 0 aliphatic heterocycles. The average Bonchev–Trinajstić information content (AvgIpc) is 3.09. The van der Waals surface area contributed by atoms with Crippen LogP contribution in [0.3, 0.4) is 0 Å². The molecule has 0 radical (unpaired) electrons. The monoisotopic (exact) mass is 677 g/mol. The highest BCUT2D eigenvalue weighted by molar-refractivity contribution is 7.92. The molecule has 0 saturated heterocycles. The molecule has 2 unspecified atom stereocenters. The molecular formula is C36H40ClN3O6S. The van der Waals surface area contributed by atoms with Crippen molar-refractivity contribution in [2.75, 3.05) is 25.1 Å². The minimum Gasteiger partial charge on any atom is -0.497 e. The molecule has 4 aromatic carbocycles. The molecule has 0 aromatic heterocycles. The van der Waals surface area contributed by atoms with E-state index >= 15 is 0 Å². The SMILES string of the molecule is CCC(C)NC(=O)C(Cc1ccccc1)N(Cc1ccc(Cl)cc1)C(=O)CN(c1ccccc1OC)S(=O)(=O)c1ccc(OC)cc1. The lowest BCUT2D eigenvalue weighted by molar-refractivity contribution is -0.140. The summed E-state index contributed by atoms with van der Waals surface area (Å²) in [4.78, 5) is 30.0. The van der Waals surface area contributed by atoms with Gasteiger partial charge in [-0.1, -0.05) is 73.1 Å². The van der Waals surface area contributed by atoms with Gasteiger partial charge in [0.25, 0.3) is 10.0 Å². The van der Waals surface area contributed by atoms with Crippen LogP contribution < -0.4 is 19.1 Å². The summed E-state index contributed by atoms with van der Waals surface area (Å²) in [7, 11) is -1.39. The van der Waals surface area contributed by atoms with E-state index in [4.69, 9.17) is 21.1 Å². The number of nitrogens with one attached hydrogen (secondary N) is 1. The molecule has 0 spiro atoms. The van der Waals surface area contributed by atoms with Crippen LogP contribution in [0.2, 0.25) is 5.02 Å². The minimum absolute atomic E-state index is 0.0315. The Hall–Kier alpha value is -4.54. The Morgan fingerprint density at radius 2 is 1.47 bits per heavy atom. The highest BCUT2D eigenvalue weighted by Gasteiger charge is 2.35. The lowest BCUT2D eigenvalue weighted by atomic mass is 10.0. The maximum atomic E-state index is 14.6. The van der Waals surface area contributed by atoms with E-state index in [0.717, 1.165) is 15.4 Å². The minimum atomic E-state index is -4.31. The van der Waals surface area contributed by atoms with Crippen molar-refractivity contribution in [1.29, 1.82) is 0 Å². The van der Waals surface area contributed by atoms with Gasteiger partial charge < -0.3 is 19.7 Å². The van der Waals surface area contributed by atoms with Crippen molar-refractivity contribution in [2.45, 2.75) is 50.2 Å². The smallest absolute Gasteiger partial charge is 0.264 e. The highest BCUT2D eigenvalue weighted by atomic mass is 35.5. The summed E-state index contributed by atoms with van der Waals surface area (Å²) in [5.74, 6) is -0.179. The van der Waals surface area contributed by atoms with E-state index in [1.54, 1.807) is 48.5 Å². The molecule has 0 bridgehead atoms. The van der Waals surface area contributed by atoms with Gasteiger partial charge in [0.1, 0.15) is 24.1 Å². The molecule has 0 aliphatic carbocycles. The maximum Gasteiger partial charge on any atom is 0.264 e. The van der Waals surface area contributed by atoms with Crippen LogP contribution in [0.1, 0.15) is 31.4 Å². The maximum absolute atomic E-state index is 14.6. The van der Waals surface area contributed by atoms with Gasteiger partial charge >= 0.3 is 0 Å². The zero-order valence-corrected chi connectivity index (χ0v) is 28.5. The third-order valence-corrected chi connectivity index (χ3v) is 9.84. The number of hydrogen-bond donors (Lipinski definition) is 1. The van der Waals surface area contributed by atoms with E-state index in [1.807, 2.05) is 44.2 Å². The molecule has 11 heteroatoms. The lowest BCUT2D eigenvalue weighted by Gasteiger charge is -2.34. The number of halogens is 1. The van der Waals surface area contributed by atoms with Gasteiger partial charge in [0.2, 0.25) is 11.8 Å². The number of nitrogens with zero attached hydrogens (tertiary/aromatic N) is 2. The number of methoxy groups -OCH3 is 2. The van der Waals surface area contributed by atoms with E-state index in [0.29, 0.717) is 17.2 Å². The zero-order valence-electron chi connectivity index (χ0n) is 26.9. The van der Waals surface area contributed by atoms with Gasteiger partial charge in [-0.25, -0.2) is 8.42 Å². The van der Waals surface area contributed by atoms with Crippen LogP contribution in [0, 0.1) is 0 Å². The Morgan fingerprint density at radius 1 is 0.830 bits per heavy atom. The number of ether oxygens (including phenoxy) is 2. The number of amides is 2. The van der Waals surface area contributed by atoms with Gasteiger partial charge in [0.15, 0.2) is 0 Å². The van der Waals surface area contributed by atoms with E-state index in [2.05, 4.69) is 5.32 Å². The Labute approximate surface area is 282 Å². The lowest BCUT2D eigenvalue weighted by Crippen LogP contribution is -2.54. The molecule has 9 nitrogen and oxygen atoms in total. The van der Waals surface area contributed by atoms with Crippen LogP contribution in [-0.4, -0.2) is 58.0 Å². The van der Waals surface area contributed by atoms with Crippen LogP contribution in [0.15, 0.2) is 108 Å². The number of hydrogen-bond acceptors (Lipinski definition) is 6. The second-order valence-electron chi connectivity index (χ2n) is 11.0. The van der Waals surface area contributed by atoms with Gasteiger partial charge in [-0.05, 0) is 73.0 Å². The molecule has 0 aliphatic rings. The second-order valence-corrected chi connectivity index (χ2v) is 13.3. The summed E-state index contributed by atoms with van der Waals surface area (Å²) in [5.41, 5.74) is 1.74. The van der Waals surface area contributed by atoms with E-state index in [-0.39, 0.29) is 41.2 Å². The molecule has 2 amide bonds. The van der Waals surface area contributed by atoms with E-state index in [9.17, 15) is 18.0 Å². The summed E-state index contributed by atoms with van der Waals surface area (Å²) in [6.07, 6.45) is 0.902. The predicted octanol–water partition coefficient (Wildman–Crippen LogP) is 6.11. The topological polar surface area (TPSA) is 105 Å². The van der Waals surface area contributed by atoms with E-state index in [1.165, 1.54) is 43.4 Å². The summed E-state index contributed by atoms with van der Waals surface area (Å²) in [6, 6.07) is 27.8. The molecule has 2 atom stereocenters. The van der Waals surface area contributed by atoms with Crippen molar-refractivity contribution >= 4 is 39.1 Å². The average molecular weight is 678 g/mol. The first kappa shape index (κ1) is 35.3. The zero-order chi connectivity index (χ0) is 34.0. The molecule has 1 N–H and O–H groups in total. The number of carbonyl (C=O) groups is 2. The van der Waals surface area contributed by atoms with Crippen molar-refractivity contribution in [3.05, 3.63) is 119 Å². The van der Waals surface area contributed by atoms with Crippen molar-refractivity contribution in [1.82, 2.24) is 10.2 Å². The van der Waals surface area contributed by atoms with Crippen molar-refractivity contribution in [2.24, 2.45) is 0 Å². The number of carbonyl (C=O) groups excluding carboxylic acids is 2. The normalized spacial score (nSPS) is 12.4. The summed E-state index contributed by atoms with van der Waals surface area (Å²) in [5, 5.41) is 3.56. The van der Waals surface area contributed by atoms with E-state index < -0.39 is 28.5 Å². The van der Waals surface area contributed by atoms with Crippen LogP contribution in [-0.2, 0) is 32.6 Å². The van der Waals surface area contributed by atoms with Crippen LogP contribution in [0.5, 0.6) is 11.5 Å². The molecule has 4 rings (SSSR count). The first-order valence-electron chi connectivity index (χ1n) is 15.2. The van der Waals surface area contributed by atoms with Crippen molar-refractivity contribution < 1.29 is 27.5 Å². The van der Waals surface area contributed by atoms with Gasteiger partial charge in [-0.15, -0.1) is 0 Å². The molecule has 0 saturated carbocycles. The fourth-order valence-electron chi connectivity index (χ4n) is 5.01. The Balaban J connectivity index is 1.83. The Bertz CT molecular complexity index is 1740. The molecule has 47 heavy (non-hydrogen) atoms. The highest BCUT2D eigenvalue weighted by Crippen LogP contribution is 2.33. The summed E-state index contributed by atoms with van der Waals surface area (Å²) >= 11 is 6.16. The largest absolute Gasteiger partial charge is 0.497 e. The third-order valence-electron chi connectivity index (χ3n) is 7.82.